The van der Waals surface area contributed by atoms with E-state index in [0.717, 1.165) is 17.9 Å². The van der Waals surface area contributed by atoms with E-state index in [2.05, 4.69) is 6.92 Å². The summed E-state index contributed by atoms with van der Waals surface area (Å²) >= 11 is 0. The van der Waals surface area contributed by atoms with Gasteiger partial charge in [-0.05, 0) is 30.5 Å². The third-order valence-corrected chi connectivity index (χ3v) is 3.00. The zero-order valence-corrected chi connectivity index (χ0v) is 9.33. The highest BCUT2D eigenvalue weighted by Crippen LogP contribution is 2.37. The Morgan fingerprint density at radius 2 is 2.07 bits per heavy atom. The molecule has 0 radical (unpaired) electrons. The molecule has 1 aliphatic heterocycles. The monoisotopic (exact) mass is 205 g/mol. The van der Waals surface area contributed by atoms with Gasteiger partial charge in [-0.15, -0.1) is 0 Å². The van der Waals surface area contributed by atoms with Gasteiger partial charge in [0.15, 0.2) is 0 Å². The second kappa shape index (κ2) is 3.57. The number of rotatable bonds is 1. The van der Waals surface area contributed by atoms with E-state index in [1.807, 2.05) is 19.2 Å². The molecule has 1 aromatic rings. The van der Waals surface area contributed by atoms with Crippen LogP contribution in [0.25, 0.3) is 0 Å². The lowest BCUT2D eigenvalue weighted by Gasteiger charge is -2.28. The van der Waals surface area contributed by atoms with Gasteiger partial charge in [-0.1, -0.05) is 6.07 Å². The summed E-state index contributed by atoms with van der Waals surface area (Å²) < 4.78 is 5.29. The van der Waals surface area contributed by atoms with Gasteiger partial charge in [0.25, 0.3) is 0 Å². The van der Waals surface area contributed by atoms with E-state index < -0.39 is 0 Å². The van der Waals surface area contributed by atoms with Gasteiger partial charge in [0.1, 0.15) is 5.75 Å². The maximum absolute atomic E-state index is 11.6. The van der Waals surface area contributed by atoms with Gasteiger partial charge < -0.3 is 9.64 Å². The molecule has 0 atom stereocenters. The van der Waals surface area contributed by atoms with Crippen molar-refractivity contribution >= 4 is 11.6 Å². The van der Waals surface area contributed by atoms with Gasteiger partial charge in [-0.25, -0.2) is 0 Å². The van der Waals surface area contributed by atoms with Crippen LogP contribution in [0.4, 0.5) is 5.69 Å². The number of ether oxygens (including phenoxy) is 1. The Balaban J connectivity index is 2.62. The van der Waals surface area contributed by atoms with E-state index in [1.54, 1.807) is 12.0 Å². The summed E-state index contributed by atoms with van der Waals surface area (Å²) in [6.07, 6.45) is 1.42. The van der Waals surface area contributed by atoms with Crippen molar-refractivity contribution in [1.29, 1.82) is 0 Å². The Kier molecular flexibility index (Phi) is 2.39. The summed E-state index contributed by atoms with van der Waals surface area (Å²) in [6.45, 7) is 2.07. The number of hydrogen-bond acceptors (Lipinski definition) is 2. The van der Waals surface area contributed by atoms with Crippen molar-refractivity contribution in [3.8, 4) is 5.75 Å². The van der Waals surface area contributed by atoms with Gasteiger partial charge in [-0.2, -0.15) is 0 Å². The lowest BCUT2D eigenvalue weighted by atomic mass is 9.96. The lowest BCUT2D eigenvalue weighted by Crippen LogP contribution is -2.31. The van der Waals surface area contributed by atoms with E-state index in [9.17, 15) is 4.79 Å². The first-order valence-electron chi connectivity index (χ1n) is 5.08. The molecule has 3 nitrogen and oxygen atoms in total. The fourth-order valence-electron chi connectivity index (χ4n) is 2.09. The van der Waals surface area contributed by atoms with Crippen LogP contribution < -0.4 is 9.64 Å². The third-order valence-electron chi connectivity index (χ3n) is 3.00. The number of aryl methyl sites for hydroxylation is 1. The number of carbonyl (C=O) groups is 1. The van der Waals surface area contributed by atoms with Gasteiger partial charge >= 0.3 is 0 Å². The molecule has 0 unspecified atom stereocenters. The first kappa shape index (κ1) is 10.0. The number of fused-ring (bicyclic) bond motifs is 1. The molecule has 0 N–H and O–H groups in total. The summed E-state index contributed by atoms with van der Waals surface area (Å²) in [7, 11) is 3.44. The van der Waals surface area contributed by atoms with Crippen molar-refractivity contribution < 1.29 is 9.53 Å². The summed E-state index contributed by atoms with van der Waals surface area (Å²) in [4.78, 5) is 13.3. The van der Waals surface area contributed by atoms with Crippen LogP contribution in [0.5, 0.6) is 5.75 Å². The number of hydrogen-bond donors (Lipinski definition) is 0. The third kappa shape index (κ3) is 1.48. The minimum absolute atomic E-state index is 0.159. The Bertz CT molecular complexity index is 412. The average molecular weight is 205 g/mol. The lowest BCUT2D eigenvalue weighted by molar-refractivity contribution is -0.118. The minimum atomic E-state index is 0.159. The maximum Gasteiger partial charge on any atom is 0.227 e. The molecule has 0 aliphatic carbocycles. The average Bonchev–Trinajstić information content (AvgIpc) is 2.24. The standard InChI is InChI=1S/C12H15NO2/c1-8-4-6-10(15-3)12-9(8)5-7-11(14)13(12)2/h4,6H,5,7H2,1-3H3. The molecule has 0 spiro atoms. The molecular weight excluding hydrogens is 190 g/mol. The normalized spacial score (nSPS) is 15.1. The van der Waals surface area contributed by atoms with Crippen molar-refractivity contribution in [2.24, 2.45) is 0 Å². The first-order chi connectivity index (χ1) is 7.15. The molecule has 80 valence electrons. The Morgan fingerprint density at radius 1 is 1.33 bits per heavy atom. The summed E-state index contributed by atoms with van der Waals surface area (Å²) in [5.41, 5.74) is 3.40. The molecule has 1 aromatic carbocycles. The molecule has 0 saturated carbocycles. The zero-order valence-electron chi connectivity index (χ0n) is 9.33. The molecule has 0 aromatic heterocycles. The molecule has 1 heterocycles. The van der Waals surface area contributed by atoms with Gasteiger partial charge in [0.05, 0.1) is 12.8 Å². The topological polar surface area (TPSA) is 29.5 Å². The van der Waals surface area contributed by atoms with E-state index >= 15 is 0 Å². The predicted octanol–water partition coefficient (Wildman–Crippen LogP) is 1.91. The fraction of sp³-hybridized carbons (Fsp3) is 0.417. The first-order valence-corrected chi connectivity index (χ1v) is 5.08. The van der Waals surface area contributed by atoms with Crippen molar-refractivity contribution in [2.45, 2.75) is 19.8 Å². The van der Waals surface area contributed by atoms with Crippen molar-refractivity contribution in [3.63, 3.8) is 0 Å². The van der Waals surface area contributed by atoms with Crippen LogP contribution in [0.2, 0.25) is 0 Å². The van der Waals surface area contributed by atoms with Crippen LogP contribution in [-0.4, -0.2) is 20.1 Å². The van der Waals surface area contributed by atoms with Gasteiger partial charge in [0.2, 0.25) is 5.91 Å². The van der Waals surface area contributed by atoms with E-state index in [0.29, 0.717) is 6.42 Å². The SMILES string of the molecule is COc1ccc(C)c2c1N(C)C(=O)CC2. The van der Waals surface area contributed by atoms with Crippen LogP contribution in [0, 0.1) is 6.92 Å². The molecule has 15 heavy (non-hydrogen) atoms. The van der Waals surface area contributed by atoms with Crippen molar-refractivity contribution in [2.75, 3.05) is 19.1 Å². The molecule has 0 bridgehead atoms. The predicted molar refractivity (Wildman–Crippen MR) is 59.5 cm³/mol. The molecule has 3 heteroatoms. The fourth-order valence-corrected chi connectivity index (χ4v) is 2.09. The molecule has 0 saturated heterocycles. The quantitative estimate of drug-likeness (QED) is 0.701. The molecule has 0 fully saturated rings. The molecule has 1 aliphatic rings. The van der Waals surface area contributed by atoms with Crippen LogP contribution in [0.15, 0.2) is 12.1 Å². The molecular formula is C12H15NO2. The van der Waals surface area contributed by atoms with E-state index in [4.69, 9.17) is 4.74 Å². The van der Waals surface area contributed by atoms with Crippen LogP contribution >= 0.6 is 0 Å². The van der Waals surface area contributed by atoms with E-state index in [-0.39, 0.29) is 5.91 Å². The number of benzene rings is 1. The van der Waals surface area contributed by atoms with Crippen molar-refractivity contribution in [1.82, 2.24) is 0 Å². The van der Waals surface area contributed by atoms with Crippen LogP contribution in [-0.2, 0) is 11.2 Å². The maximum atomic E-state index is 11.6. The zero-order chi connectivity index (χ0) is 11.0. The summed E-state index contributed by atoms with van der Waals surface area (Å²) in [6, 6.07) is 3.96. The van der Waals surface area contributed by atoms with E-state index in [1.165, 1.54) is 11.1 Å². The van der Waals surface area contributed by atoms with Crippen LogP contribution in [0.3, 0.4) is 0 Å². The van der Waals surface area contributed by atoms with Crippen molar-refractivity contribution in [3.05, 3.63) is 23.3 Å². The molecule has 1 amide bonds. The number of nitrogens with zero attached hydrogens (tertiary/aromatic N) is 1. The van der Waals surface area contributed by atoms with Gasteiger partial charge in [-0.3, -0.25) is 4.79 Å². The number of amides is 1. The number of methoxy groups -OCH3 is 1. The second-order valence-corrected chi connectivity index (χ2v) is 3.86. The van der Waals surface area contributed by atoms with Crippen LogP contribution in [0.1, 0.15) is 17.5 Å². The summed E-state index contributed by atoms with van der Waals surface area (Å²) in [5, 5.41) is 0. The summed E-state index contributed by atoms with van der Waals surface area (Å²) in [5.74, 6) is 0.942. The number of anilines is 1. The Hall–Kier alpha value is -1.51. The number of carbonyl (C=O) groups excluding carboxylic acids is 1. The smallest absolute Gasteiger partial charge is 0.227 e. The second-order valence-electron chi connectivity index (χ2n) is 3.86. The van der Waals surface area contributed by atoms with Gasteiger partial charge in [0, 0.05) is 13.5 Å². The highest BCUT2D eigenvalue weighted by atomic mass is 16.5. The Labute approximate surface area is 89.7 Å². The highest BCUT2D eigenvalue weighted by molar-refractivity contribution is 5.97. The largest absolute Gasteiger partial charge is 0.495 e. The Morgan fingerprint density at radius 3 is 2.73 bits per heavy atom. The minimum Gasteiger partial charge on any atom is -0.495 e. The molecule has 2 rings (SSSR count). The highest BCUT2D eigenvalue weighted by Gasteiger charge is 2.25.